The van der Waals surface area contributed by atoms with Gasteiger partial charge in [-0.1, -0.05) is 42.5 Å². The molecule has 0 bridgehead atoms. The minimum atomic E-state index is -0.445. The summed E-state index contributed by atoms with van der Waals surface area (Å²) in [6.07, 6.45) is 0.752. The number of amides is 1. The number of carbonyl (C=O) groups excluding carboxylic acids is 2. The van der Waals surface area contributed by atoms with Crippen LogP contribution in [0.25, 0.3) is 0 Å². The molecule has 2 aromatic carbocycles. The molecular formula is C17H17NO3. The van der Waals surface area contributed by atoms with E-state index in [0.717, 1.165) is 12.0 Å². The van der Waals surface area contributed by atoms with Crippen LogP contribution in [0.3, 0.4) is 0 Å². The predicted octanol–water partition coefficient (Wildman–Crippen LogP) is 2.58. The Morgan fingerprint density at radius 1 is 1.00 bits per heavy atom. The maximum absolute atomic E-state index is 12.1. The van der Waals surface area contributed by atoms with Gasteiger partial charge in [0.1, 0.15) is 5.75 Å². The van der Waals surface area contributed by atoms with Crippen LogP contribution in [0.5, 0.6) is 5.75 Å². The molecule has 0 unspecified atom stereocenters. The van der Waals surface area contributed by atoms with Crippen LogP contribution in [-0.2, 0) is 11.2 Å². The van der Waals surface area contributed by atoms with Crippen LogP contribution in [0.4, 0.5) is 0 Å². The van der Waals surface area contributed by atoms with E-state index in [1.165, 1.54) is 6.92 Å². The largest absolute Gasteiger partial charge is 0.426 e. The van der Waals surface area contributed by atoms with Crippen molar-refractivity contribution >= 4 is 11.9 Å². The summed E-state index contributed by atoms with van der Waals surface area (Å²) in [5, 5.41) is 2.83. The molecule has 0 saturated heterocycles. The Morgan fingerprint density at radius 3 is 2.38 bits per heavy atom. The van der Waals surface area contributed by atoms with E-state index in [4.69, 9.17) is 4.74 Å². The van der Waals surface area contributed by atoms with E-state index in [0.29, 0.717) is 12.1 Å². The quantitative estimate of drug-likeness (QED) is 0.678. The highest BCUT2D eigenvalue weighted by Crippen LogP contribution is 2.17. The van der Waals surface area contributed by atoms with Crippen molar-refractivity contribution in [3.8, 4) is 5.75 Å². The lowest BCUT2D eigenvalue weighted by Gasteiger charge is -2.09. The van der Waals surface area contributed by atoms with Crippen LogP contribution in [0, 0.1) is 0 Å². The highest BCUT2D eigenvalue weighted by Gasteiger charge is 2.12. The number of ether oxygens (including phenoxy) is 1. The molecule has 0 aliphatic heterocycles. The Bertz CT molecular complexity index is 623. The lowest BCUT2D eigenvalue weighted by atomic mass is 10.1. The van der Waals surface area contributed by atoms with Gasteiger partial charge in [0, 0.05) is 13.5 Å². The van der Waals surface area contributed by atoms with Crippen molar-refractivity contribution in [3.63, 3.8) is 0 Å². The van der Waals surface area contributed by atoms with Gasteiger partial charge in [-0.15, -0.1) is 0 Å². The maximum Gasteiger partial charge on any atom is 0.308 e. The first-order valence-electron chi connectivity index (χ1n) is 6.76. The van der Waals surface area contributed by atoms with Gasteiger partial charge in [0.2, 0.25) is 0 Å². The van der Waals surface area contributed by atoms with Gasteiger partial charge in [-0.3, -0.25) is 9.59 Å². The second-order valence-electron chi connectivity index (χ2n) is 4.58. The molecule has 0 atom stereocenters. The van der Waals surface area contributed by atoms with Crippen molar-refractivity contribution in [1.29, 1.82) is 0 Å². The standard InChI is InChI=1S/C17H17NO3/c1-13(19)21-16-10-6-5-9-15(16)17(20)18-12-11-14-7-3-2-4-8-14/h2-10H,11-12H2,1H3,(H,18,20). The lowest BCUT2D eigenvalue weighted by Crippen LogP contribution is -2.26. The molecule has 0 spiro atoms. The molecule has 1 N–H and O–H groups in total. The fraction of sp³-hybridized carbons (Fsp3) is 0.176. The van der Waals surface area contributed by atoms with Crippen LogP contribution in [-0.4, -0.2) is 18.4 Å². The molecule has 0 heterocycles. The monoisotopic (exact) mass is 283 g/mol. The number of para-hydroxylation sites is 1. The third-order valence-electron chi connectivity index (χ3n) is 2.93. The molecule has 21 heavy (non-hydrogen) atoms. The summed E-state index contributed by atoms with van der Waals surface area (Å²) in [5.41, 5.74) is 1.52. The van der Waals surface area contributed by atoms with Gasteiger partial charge in [0.05, 0.1) is 5.56 Å². The molecule has 0 radical (unpaired) electrons. The van der Waals surface area contributed by atoms with Crippen molar-refractivity contribution in [2.24, 2.45) is 0 Å². The summed E-state index contributed by atoms with van der Waals surface area (Å²) in [6.45, 7) is 1.83. The zero-order valence-corrected chi connectivity index (χ0v) is 11.8. The predicted molar refractivity (Wildman–Crippen MR) is 80.2 cm³/mol. The van der Waals surface area contributed by atoms with Crippen molar-refractivity contribution in [1.82, 2.24) is 5.32 Å². The van der Waals surface area contributed by atoms with Gasteiger partial charge in [-0.05, 0) is 24.1 Å². The number of benzene rings is 2. The smallest absolute Gasteiger partial charge is 0.308 e. The summed E-state index contributed by atoms with van der Waals surface area (Å²) < 4.78 is 5.03. The van der Waals surface area contributed by atoms with Crippen molar-refractivity contribution in [3.05, 3.63) is 65.7 Å². The summed E-state index contributed by atoms with van der Waals surface area (Å²) in [5.74, 6) is -0.412. The highest BCUT2D eigenvalue weighted by molar-refractivity contribution is 5.97. The van der Waals surface area contributed by atoms with Crippen LogP contribution in [0.15, 0.2) is 54.6 Å². The first kappa shape index (κ1) is 14.8. The van der Waals surface area contributed by atoms with Crippen molar-refractivity contribution in [2.45, 2.75) is 13.3 Å². The van der Waals surface area contributed by atoms with Gasteiger partial charge < -0.3 is 10.1 Å². The van der Waals surface area contributed by atoms with E-state index in [1.54, 1.807) is 24.3 Å². The zero-order chi connectivity index (χ0) is 15.1. The molecule has 2 rings (SSSR count). The molecule has 1 amide bonds. The van der Waals surface area contributed by atoms with Crippen molar-refractivity contribution < 1.29 is 14.3 Å². The molecule has 0 aliphatic rings. The van der Waals surface area contributed by atoms with E-state index in [2.05, 4.69) is 5.32 Å². The van der Waals surface area contributed by atoms with Crippen molar-refractivity contribution in [2.75, 3.05) is 6.54 Å². The molecule has 0 saturated carbocycles. The molecule has 0 aromatic heterocycles. The molecular weight excluding hydrogens is 266 g/mol. The van der Waals surface area contributed by atoms with E-state index in [1.807, 2.05) is 30.3 Å². The number of esters is 1. The second kappa shape index (κ2) is 7.24. The number of carbonyl (C=O) groups is 2. The molecule has 2 aromatic rings. The van der Waals surface area contributed by atoms with E-state index >= 15 is 0 Å². The maximum atomic E-state index is 12.1. The molecule has 4 nitrogen and oxygen atoms in total. The van der Waals surface area contributed by atoms with E-state index in [-0.39, 0.29) is 11.7 Å². The SMILES string of the molecule is CC(=O)Oc1ccccc1C(=O)NCCc1ccccc1. The zero-order valence-electron chi connectivity index (χ0n) is 11.8. The third-order valence-corrected chi connectivity index (χ3v) is 2.93. The fourth-order valence-electron chi connectivity index (χ4n) is 1.96. The highest BCUT2D eigenvalue weighted by atomic mass is 16.5. The minimum Gasteiger partial charge on any atom is -0.426 e. The van der Waals surface area contributed by atoms with Crippen LogP contribution >= 0.6 is 0 Å². The van der Waals surface area contributed by atoms with Crippen LogP contribution < -0.4 is 10.1 Å². The lowest BCUT2D eigenvalue weighted by molar-refractivity contribution is -0.131. The van der Waals surface area contributed by atoms with Crippen LogP contribution in [0.2, 0.25) is 0 Å². The van der Waals surface area contributed by atoms with Gasteiger partial charge in [-0.2, -0.15) is 0 Å². The van der Waals surface area contributed by atoms with E-state index < -0.39 is 5.97 Å². The normalized spacial score (nSPS) is 9.95. The molecule has 0 aliphatic carbocycles. The minimum absolute atomic E-state index is 0.247. The Kier molecular flexibility index (Phi) is 5.10. The van der Waals surface area contributed by atoms with Gasteiger partial charge in [0.25, 0.3) is 5.91 Å². The molecule has 108 valence electrons. The number of rotatable bonds is 5. The first-order chi connectivity index (χ1) is 10.2. The third kappa shape index (κ3) is 4.45. The first-order valence-corrected chi connectivity index (χ1v) is 6.76. The van der Waals surface area contributed by atoms with E-state index in [9.17, 15) is 9.59 Å². The Balaban J connectivity index is 1.96. The second-order valence-corrected chi connectivity index (χ2v) is 4.58. The van der Waals surface area contributed by atoms with Gasteiger partial charge in [0.15, 0.2) is 0 Å². The van der Waals surface area contributed by atoms with Gasteiger partial charge >= 0.3 is 5.97 Å². The molecule has 4 heteroatoms. The number of nitrogens with one attached hydrogen (secondary N) is 1. The Morgan fingerprint density at radius 2 is 1.67 bits per heavy atom. The number of hydrogen-bond donors (Lipinski definition) is 1. The van der Waals surface area contributed by atoms with Crippen LogP contribution in [0.1, 0.15) is 22.8 Å². The fourth-order valence-corrected chi connectivity index (χ4v) is 1.96. The summed E-state index contributed by atoms with van der Waals surface area (Å²) >= 11 is 0. The molecule has 0 fully saturated rings. The summed E-state index contributed by atoms with van der Waals surface area (Å²) in [6, 6.07) is 16.6. The summed E-state index contributed by atoms with van der Waals surface area (Å²) in [4.78, 5) is 23.2. The summed E-state index contributed by atoms with van der Waals surface area (Å²) in [7, 11) is 0. The Hall–Kier alpha value is -2.62. The number of hydrogen-bond acceptors (Lipinski definition) is 3. The topological polar surface area (TPSA) is 55.4 Å². The average Bonchev–Trinajstić information content (AvgIpc) is 2.48. The Labute approximate surface area is 123 Å². The van der Waals surface area contributed by atoms with Gasteiger partial charge in [-0.25, -0.2) is 0 Å². The average molecular weight is 283 g/mol.